The van der Waals surface area contributed by atoms with E-state index in [2.05, 4.69) is 34.4 Å². The molecule has 3 heterocycles. The lowest BCUT2D eigenvalue weighted by Gasteiger charge is -2.38. The van der Waals surface area contributed by atoms with Gasteiger partial charge in [0.1, 0.15) is 0 Å². The highest BCUT2D eigenvalue weighted by Gasteiger charge is 2.50. The fourth-order valence-electron chi connectivity index (χ4n) is 4.76. The maximum absolute atomic E-state index is 13.1. The second-order valence-corrected chi connectivity index (χ2v) is 8.18. The number of hydrazine groups is 1. The topological polar surface area (TPSA) is 90.0 Å². The van der Waals surface area contributed by atoms with Gasteiger partial charge in [0.05, 0.1) is 11.9 Å². The van der Waals surface area contributed by atoms with Crippen LogP contribution in [0.3, 0.4) is 0 Å². The largest absolute Gasteiger partial charge is 0.619 e. The van der Waals surface area contributed by atoms with Crippen LogP contribution in [0, 0.1) is 11.1 Å². The highest BCUT2D eigenvalue weighted by Crippen LogP contribution is 2.57. The van der Waals surface area contributed by atoms with Crippen LogP contribution in [0.5, 0.6) is 0 Å². The van der Waals surface area contributed by atoms with Crippen molar-refractivity contribution < 1.29 is 9.52 Å². The molecule has 5 rings (SSSR count). The van der Waals surface area contributed by atoms with Crippen molar-refractivity contribution in [3.05, 3.63) is 40.7 Å². The first kappa shape index (κ1) is 16.7. The number of nitrogens with one attached hydrogen (secondary N) is 1. The molecule has 2 unspecified atom stereocenters. The fraction of sp³-hybridized carbons (Fsp3) is 0.579. The molecule has 1 amide bonds. The Balaban J connectivity index is 1.49. The van der Waals surface area contributed by atoms with E-state index >= 15 is 0 Å². The first-order valence-electron chi connectivity index (χ1n) is 9.79. The molecule has 1 saturated heterocycles. The van der Waals surface area contributed by atoms with Crippen LogP contribution in [0.1, 0.15) is 67.2 Å². The van der Waals surface area contributed by atoms with Crippen molar-refractivity contribution in [2.45, 2.75) is 64.0 Å². The first-order valence-corrected chi connectivity index (χ1v) is 9.79. The molecule has 2 aromatic heterocycles. The van der Waals surface area contributed by atoms with E-state index in [4.69, 9.17) is 0 Å². The predicted octanol–water partition coefficient (Wildman–Crippen LogP) is 1.47. The average Bonchev–Trinajstić information content (AvgIpc) is 3.14. The molecule has 1 saturated carbocycles. The van der Waals surface area contributed by atoms with Gasteiger partial charge in [-0.25, -0.2) is 14.7 Å². The molecule has 8 nitrogen and oxygen atoms in total. The third kappa shape index (κ3) is 2.70. The zero-order valence-electron chi connectivity index (χ0n) is 15.6. The van der Waals surface area contributed by atoms with Crippen LogP contribution in [0.2, 0.25) is 0 Å². The zero-order chi connectivity index (χ0) is 18.7. The molecular weight excluding hydrogens is 344 g/mol. The minimum absolute atomic E-state index is 0.155. The molecule has 1 aliphatic heterocycles. The van der Waals surface area contributed by atoms with Gasteiger partial charge in [0, 0.05) is 23.6 Å². The van der Waals surface area contributed by atoms with Crippen LogP contribution in [-0.2, 0) is 6.42 Å². The standard InChI is InChI=1S/C19H24N6O2/c1-11-4-3-5-12(2)24(11)22-19(26)17-15-9-13-8-14(13)18(15)25(21-17)16-10-23(27)7-6-20-16/h6-7,10-14H,3-5,8-9H2,1-2H3,(H,22,26)/t11?,12?,13-,14-/m1/s1. The summed E-state index contributed by atoms with van der Waals surface area (Å²) in [5.41, 5.74) is 5.66. The van der Waals surface area contributed by atoms with Crippen molar-refractivity contribution in [3.63, 3.8) is 0 Å². The number of nitrogens with zero attached hydrogens (tertiary/aromatic N) is 5. The van der Waals surface area contributed by atoms with E-state index in [9.17, 15) is 10.0 Å². The molecule has 142 valence electrons. The van der Waals surface area contributed by atoms with Gasteiger partial charge in [0.25, 0.3) is 5.91 Å². The molecule has 2 fully saturated rings. The Morgan fingerprint density at radius 3 is 2.85 bits per heavy atom. The number of carbonyl (C=O) groups excluding carboxylic acids is 1. The van der Waals surface area contributed by atoms with Crippen LogP contribution >= 0.6 is 0 Å². The van der Waals surface area contributed by atoms with Gasteiger partial charge < -0.3 is 5.21 Å². The summed E-state index contributed by atoms with van der Waals surface area (Å²) in [7, 11) is 0. The van der Waals surface area contributed by atoms with Crippen molar-refractivity contribution in [2.75, 3.05) is 0 Å². The molecule has 3 aliphatic rings. The van der Waals surface area contributed by atoms with Crippen LogP contribution in [-0.4, -0.2) is 37.8 Å². The molecular formula is C19H24N6O2. The maximum atomic E-state index is 13.1. The van der Waals surface area contributed by atoms with E-state index in [1.54, 1.807) is 4.68 Å². The SMILES string of the molecule is CC1CCCC(C)N1NC(=O)c1nn(-c2c[n+]([O-])ccn2)c2c1C[C@H]1C[C@@H]21. The Morgan fingerprint density at radius 1 is 1.33 bits per heavy atom. The fourth-order valence-corrected chi connectivity index (χ4v) is 4.76. The zero-order valence-corrected chi connectivity index (χ0v) is 15.6. The Labute approximate surface area is 157 Å². The molecule has 0 aromatic carbocycles. The lowest BCUT2D eigenvalue weighted by atomic mass is 10.00. The van der Waals surface area contributed by atoms with Crippen LogP contribution < -0.4 is 10.2 Å². The molecule has 2 aromatic rings. The third-order valence-corrected chi connectivity index (χ3v) is 6.28. The number of fused-ring (bicyclic) bond motifs is 3. The van der Waals surface area contributed by atoms with Gasteiger partial charge >= 0.3 is 0 Å². The summed E-state index contributed by atoms with van der Waals surface area (Å²) in [4.78, 5) is 17.4. The van der Waals surface area contributed by atoms with Crippen molar-refractivity contribution in [1.29, 1.82) is 0 Å². The first-order chi connectivity index (χ1) is 13.0. The lowest BCUT2D eigenvalue weighted by Crippen LogP contribution is -2.54. The van der Waals surface area contributed by atoms with Crippen molar-refractivity contribution in [3.8, 4) is 5.82 Å². The summed E-state index contributed by atoms with van der Waals surface area (Å²) in [5, 5.41) is 18.3. The van der Waals surface area contributed by atoms with Gasteiger partial charge in [-0.3, -0.25) is 10.2 Å². The van der Waals surface area contributed by atoms with Gasteiger partial charge in [-0.2, -0.15) is 9.83 Å². The van der Waals surface area contributed by atoms with E-state index < -0.39 is 0 Å². The van der Waals surface area contributed by atoms with Gasteiger partial charge in [-0.15, -0.1) is 0 Å². The summed E-state index contributed by atoms with van der Waals surface area (Å²) in [6.45, 7) is 4.30. The molecule has 27 heavy (non-hydrogen) atoms. The molecule has 0 radical (unpaired) electrons. The highest BCUT2D eigenvalue weighted by molar-refractivity contribution is 5.94. The monoisotopic (exact) mass is 368 g/mol. The normalized spacial score (nSPS) is 29.3. The van der Waals surface area contributed by atoms with E-state index in [0.29, 0.717) is 40.2 Å². The van der Waals surface area contributed by atoms with Crippen molar-refractivity contribution in [1.82, 2.24) is 25.2 Å². The smallest absolute Gasteiger partial charge is 0.286 e. The summed E-state index contributed by atoms with van der Waals surface area (Å²) in [5.74, 6) is 1.35. The second-order valence-electron chi connectivity index (χ2n) is 8.18. The predicted molar refractivity (Wildman–Crippen MR) is 97.0 cm³/mol. The molecule has 1 N–H and O–H groups in total. The van der Waals surface area contributed by atoms with E-state index in [0.717, 1.165) is 36.9 Å². The van der Waals surface area contributed by atoms with Gasteiger partial charge in [0.15, 0.2) is 11.9 Å². The maximum Gasteiger partial charge on any atom is 0.286 e. The minimum Gasteiger partial charge on any atom is -0.619 e. The Morgan fingerprint density at radius 2 is 2.11 bits per heavy atom. The number of carbonyl (C=O) groups is 1. The lowest BCUT2D eigenvalue weighted by molar-refractivity contribution is -0.605. The van der Waals surface area contributed by atoms with Gasteiger partial charge in [-0.05, 0) is 45.4 Å². The van der Waals surface area contributed by atoms with E-state index in [-0.39, 0.29) is 5.91 Å². The number of piperidine rings is 1. The number of hydrogen-bond acceptors (Lipinski definition) is 5. The molecule has 0 bridgehead atoms. The number of amides is 1. The van der Waals surface area contributed by atoms with E-state index in [1.807, 2.05) is 0 Å². The number of rotatable bonds is 3. The summed E-state index contributed by atoms with van der Waals surface area (Å²) in [6, 6.07) is 0.632. The van der Waals surface area contributed by atoms with Crippen molar-refractivity contribution >= 4 is 5.91 Å². The highest BCUT2D eigenvalue weighted by atomic mass is 16.5. The van der Waals surface area contributed by atoms with Crippen LogP contribution in [0.4, 0.5) is 0 Å². The average molecular weight is 368 g/mol. The van der Waals surface area contributed by atoms with Gasteiger partial charge in [-0.1, -0.05) is 6.42 Å². The number of aromatic nitrogens is 4. The molecule has 4 atom stereocenters. The van der Waals surface area contributed by atoms with Crippen molar-refractivity contribution in [2.24, 2.45) is 5.92 Å². The van der Waals surface area contributed by atoms with E-state index in [1.165, 1.54) is 25.0 Å². The van der Waals surface area contributed by atoms with Gasteiger partial charge in [0.2, 0.25) is 12.0 Å². The minimum atomic E-state index is -0.155. The second kappa shape index (κ2) is 6.02. The summed E-state index contributed by atoms with van der Waals surface area (Å²) >= 11 is 0. The number of hydrogen-bond donors (Lipinski definition) is 1. The van der Waals surface area contributed by atoms with Crippen LogP contribution in [0.25, 0.3) is 5.82 Å². The Kier molecular flexibility index (Phi) is 3.72. The third-order valence-electron chi connectivity index (χ3n) is 6.28. The quantitative estimate of drug-likeness (QED) is 0.654. The Bertz CT molecular complexity index is 900. The van der Waals surface area contributed by atoms with Crippen LogP contribution in [0.15, 0.2) is 18.6 Å². The summed E-state index contributed by atoms with van der Waals surface area (Å²) < 4.78 is 2.42. The summed E-state index contributed by atoms with van der Waals surface area (Å²) in [6.07, 6.45) is 9.59. The molecule has 8 heteroatoms. The molecule has 0 spiro atoms. The Hall–Kier alpha value is -2.48. The molecule has 2 aliphatic carbocycles.